The van der Waals surface area contributed by atoms with Crippen LogP contribution in [0.3, 0.4) is 0 Å². The van der Waals surface area contributed by atoms with Crippen LogP contribution in [-0.2, 0) is 19.3 Å². The van der Waals surface area contributed by atoms with Gasteiger partial charge in [0.25, 0.3) is 0 Å². The number of hydrogen-bond acceptors (Lipinski definition) is 5. The van der Waals surface area contributed by atoms with Crippen molar-refractivity contribution in [2.45, 2.75) is 0 Å². The van der Waals surface area contributed by atoms with E-state index in [0.29, 0.717) is 13.2 Å². The molecule has 5 nitrogen and oxygen atoms in total. The van der Waals surface area contributed by atoms with Crippen molar-refractivity contribution in [1.82, 2.24) is 0 Å². The number of rotatable bonds is 8. The first-order valence-corrected chi connectivity index (χ1v) is 6.06. The molecule has 0 aliphatic rings. The minimum Gasteiger partial charge on any atom is -0.394 e. The van der Waals surface area contributed by atoms with E-state index in [9.17, 15) is 8.42 Å². The summed E-state index contributed by atoms with van der Waals surface area (Å²) in [6.07, 6.45) is 1.17. The van der Waals surface area contributed by atoms with E-state index >= 15 is 0 Å². The maximum absolute atomic E-state index is 10.6. The summed E-state index contributed by atoms with van der Waals surface area (Å²) in [6, 6.07) is 0. The summed E-state index contributed by atoms with van der Waals surface area (Å²) in [5.41, 5.74) is 0. The summed E-state index contributed by atoms with van der Waals surface area (Å²) in [6.45, 7) is 1.21. The lowest BCUT2D eigenvalue weighted by Gasteiger charge is -2.03. The molecule has 0 aromatic heterocycles. The maximum Gasteiger partial charge on any atom is 0.149 e. The van der Waals surface area contributed by atoms with Crippen molar-refractivity contribution in [3.8, 4) is 0 Å². The summed E-state index contributed by atoms with van der Waals surface area (Å²) in [4.78, 5) is 0. The average molecular weight is 212 g/mol. The second-order valence-electron chi connectivity index (χ2n) is 2.58. The van der Waals surface area contributed by atoms with Gasteiger partial charge in [-0.2, -0.15) is 0 Å². The van der Waals surface area contributed by atoms with Crippen molar-refractivity contribution >= 4 is 9.84 Å². The van der Waals surface area contributed by atoms with E-state index in [0.717, 1.165) is 0 Å². The molecule has 0 rings (SSSR count). The van der Waals surface area contributed by atoms with Crippen LogP contribution in [0.1, 0.15) is 0 Å². The van der Waals surface area contributed by atoms with Gasteiger partial charge in [-0.15, -0.1) is 0 Å². The Bertz CT molecular complexity index is 199. The highest BCUT2D eigenvalue weighted by molar-refractivity contribution is 7.90. The molecule has 6 heteroatoms. The van der Waals surface area contributed by atoms with E-state index in [1.165, 1.54) is 6.26 Å². The fraction of sp³-hybridized carbons (Fsp3) is 1.00. The Morgan fingerprint density at radius 2 is 1.62 bits per heavy atom. The smallest absolute Gasteiger partial charge is 0.149 e. The largest absolute Gasteiger partial charge is 0.394 e. The third-order valence-corrected chi connectivity index (χ3v) is 2.11. The van der Waals surface area contributed by atoms with Gasteiger partial charge in [-0.05, 0) is 0 Å². The van der Waals surface area contributed by atoms with Gasteiger partial charge in [0.2, 0.25) is 0 Å². The lowest BCUT2D eigenvalue weighted by atomic mass is 10.7. The molecule has 0 fully saturated rings. The van der Waals surface area contributed by atoms with Gasteiger partial charge in [-0.3, -0.25) is 0 Å². The van der Waals surface area contributed by atoms with Gasteiger partial charge >= 0.3 is 0 Å². The quantitative estimate of drug-likeness (QED) is 0.525. The van der Waals surface area contributed by atoms with Crippen LogP contribution in [0.15, 0.2) is 0 Å². The third kappa shape index (κ3) is 11.8. The van der Waals surface area contributed by atoms with Crippen LogP contribution in [0.2, 0.25) is 0 Å². The molecule has 0 aliphatic carbocycles. The van der Waals surface area contributed by atoms with Gasteiger partial charge in [0, 0.05) is 6.26 Å². The fourth-order valence-electron chi connectivity index (χ4n) is 0.597. The number of sulfone groups is 1. The Labute approximate surface area is 78.6 Å². The van der Waals surface area contributed by atoms with Gasteiger partial charge in [0.05, 0.1) is 38.8 Å². The highest BCUT2D eigenvalue weighted by Gasteiger charge is 2.00. The first kappa shape index (κ1) is 12.8. The average Bonchev–Trinajstić information content (AvgIpc) is 2.01. The predicted molar refractivity (Wildman–Crippen MR) is 48.4 cm³/mol. The molecular formula is C7H16O5S. The summed E-state index contributed by atoms with van der Waals surface area (Å²) in [7, 11) is -2.93. The van der Waals surface area contributed by atoms with Gasteiger partial charge in [-0.1, -0.05) is 0 Å². The molecule has 0 saturated carbocycles. The van der Waals surface area contributed by atoms with Crippen molar-refractivity contribution < 1.29 is 23.0 Å². The van der Waals surface area contributed by atoms with Crippen LogP contribution in [0.5, 0.6) is 0 Å². The summed E-state index contributed by atoms with van der Waals surface area (Å²) in [5, 5.41) is 8.33. The molecular weight excluding hydrogens is 196 g/mol. The minimum atomic E-state index is -2.93. The van der Waals surface area contributed by atoms with Crippen LogP contribution in [0.4, 0.5) is 0 Å². The number of hydrogen-bond donors (Lipinski definition) is 1. The normalized spacial score (nSPS) is 11.8. The Balaban J connectivity index is 3.09. The standard InChI is InChI=1S/C7H16O5S/c1-13(9,10)7-6-12-5-4-11-3-2-8/h8H,2-7H2,1H3. The van der Waals surface area contributed by atoms with Crippen molar-refractivity contribution in [2.75, 3.05) is 45.0 Å². The summed E-state index contributed by atoms with van der Waals surface area (Å²) < 4.78 is 31.1. The minimum absolute atomic E-state index is 0.0106. The first-order valence-electron chi connectivity index (χ1n) is 4.00. The molecule has 13 heavy (non-hydrogen) atoms. The van der Waals surface area contributed by atoms with Crippen molar-refractivity contribution in [2.24, 2.45) is 0 Å². The van der Waals surface area contributed by atoms with E-state index in [2.05, 4.69) is 0 Å². The van der Waals surface area contributed by atoms with Gasteiger partial charge in [-0.25, -0.2) is 8.42 Å². The fourth-order valence-corrected chi connectivity index (χ4v) is 1.02. The molecule has 0 aliphatic heterocycles. The maximum atomic E-state index is 10.6. The van der Waals surface area contributed by atoms with E-state index in [-0.39, 0.29) is 25.6 Å². The Kier molecular flexibility index (Phi) is 7.16. The van der Waals surface area contributed by atoms with Crippen LogP contribution in [-0.4, -0.2) is 58.6 Å². The number of aliphatic hydroxyl groups is 1. The second kappa shape index (κ2) is 7.25. The molecule has 0 heterocycles. The summed E-state index contributed by atoms with van der Waals surface area (Å²) >= 11 is 0. The molecule has 0 spiro atoms. The van der Waals surface area contributed by atoms with Crippen LogP contribution in [0, 0.1) is 0 Å². The first-order chi connectivity index (χ1) is 6.06. The lowest BCUT2D eigenvalue weighted by molar-refractivity contribution is 0.0375. The molecule has 0 saturated heterocycles. The molecule has 80 valence electrons. The predicted octanol–water partition coefficient (Wildman–Crippen LogP) is -0.943. The molecule has 0 amide bonds. The summed E-state index contributed by atoms with van der Waals surface area (Å²) in [5.74, 6) is 0.0347. The Morgan fingerprint density at radius 1 is 1.08 bits per heavy atom. The monoisotopic (exact) mass is 212 g/mol. The zero-order valence-corrected chi connectivity index (χ0v) is 8.55. The van der Waals surface area contributed by atoms with Crippen LogP contribution >= 0.6 is 0 Å². The molecule has 1 N–H and O–H groups in total. The van der Waals surface area contributed by atoms with Gasteiger partial charge in [0.15, 0.2) is 0 Å². The van der Waals surface area contributed by atoms with Crippen molar-refractivity contribution in [3.05, 3.63) is 0 Å². The molecule has 0 aromatic rings. The molecule has 0 unspecified atom stereocenters. The van der Waals surface area contributed by atoms with E-state index in [1.807, 2.05) is 0 Å². The van der Waals surface area contributed by atoms with Crippen LogP contribution < -0.4 is 0 Å². The van der Waals surface area contributed by atoms with Gasteiger partial charge < -0.3 is 14.6 Å². The lowest BCUT2D eigenvalue weighted by Crippen LogP contribution is -2.13. The topological polar surface area (TPSA) is 72.8 Å². The second-order valence-corrected chi connectivity index (χ2v) is 4.84. The highest BCUT2D eigenvalue weighted by atomic mass is 32.2. The van der Waals surface area contributed by atoms with E-state index in [1.54, 1.807) is 0 Å². The molecule has 0 radical (unpaired) electrons. The Hall–Kier alpha value is -0.170. The van der Waals surface area contributed by atoms with E-state index < -0.39 is 9.84 Å². The SMILES string of the molecule is CS(=O)(=O)CCOCCOCCO. The highest BCUT2D eigenvalue weighted by Crippen LogP contribution is 1.84. The Morgan fingerprint density at radius 3 is 2.08 bits per heavy atom. The van der Waals surface area contributed by atoms with Crippen molar-refractivity contribution in [1.29, 1.82) is 0 Å². The third-order valence-electron chi connectivity index (χ3n) is 1.21. The zero-order valence-electron chi connectivity index (χ0n) is 7.73. The number of aliphatic hydroxyl groups excluding tert-OH is 1. The zero-order chi connectivity index (χ0) is 10.2. The van der Waals surface area contributed by atoms with Crippen molar-refractivity contribution in [3.63, 3.8) is 0 Å². The number of ether oxygens (including phenoxy) is 2. The molecule has 0 atom stereocenters. The van der Waals surface area contributed by atoms with Crippen LogP contribution in [0.25, 0.3) is 0 Å². The van der Waals surface area contributed by atoms with E-state index in [4.69, 9.17) is 14.6 Å². The van der Waals surface area contributed by atoms with Gasteiger partial charge in [0.1, 0.15) is 9.84 Å². The molecule has 0 aromatic carbocycles. The molecule has 0 bridgehead atoms.